The zero-order chi connectivity index (χ0) is 12.4. The minimum atomic E-state index is -1.22. The van der Waals surface area contributed by atoms with E-state index < -0.39 is 17.3 Å². The normalized spacial score (nSPS) is 10.2. The third kappa shape index (κ3) is 2.20. The second-order valence-electron chi connectivity index (χ2n) is 3.28. The number of aromatic nitrogens is 2. The summed E-state index contributed by atoms with van der Waals surface area (Å²) in [6.45, 7) is 0. The van der Waals surface area contributed by atoms with Crippen molar-refractivity contribution in [1.82, 2.24) is 9.78 Å². The van der Waals surface area contributed by atoms with Crippen LogP contribution in [0.3, 0.4) is 0 Å². The lowest BCUT2D eigenvalue weighted by Crippen LogP contribution is -2.21. The van der Waals surface area contributed by atoms with Crippen LogP contribution in [-0.4, -0.2) is 20.9 Å². The van der Waals surface area contributed by atoms with E-state index in [4.69, 9.17) is 5.11 Å². The van der Waals surface area contributed by atoms with Gasteiger partial charge in [-0.2, -0.15) is 9.78 Å². The predicted octanol–water partition coefficient (Wildman–Crippen LogP) is 1.07. The number of nitrogens with zero attached hydrogens (tertiary/aromatic N) is 2. The molecule has 17 heavy (non-hydrogen) atoms. The van der Waals surface area contributed by atoms with Crippen molar-refractivity contribution in [2.45, 2.75) is 0 Å². The Kier molecular flexibility index (Phi) is 2.70. The summed E-state index contributed by atoms with van der Waals surface area (Å²) in [7, 11) is 0. The van der Waals surface area contributed by atoms with E-state index >= 15 is 0 Å². The monoisotopic (exact) mass is 234 g/mol. The Labute approximate surface area is 94.8 Å². The number of hydrogen-bond donors (Lipinski definition) is 1. The van der Waals surface area contributed by atoms with Crippen LogP contribution in [0.1, 0.15) is 10.4 Å². The van der Waals surface area contributed by atoms with Crippen molar-refractivity contribution in [2.24, 2.45) is 0 Å². The molecule has 86 valence electrons. The van der Waals surface area contributed by atoms with Gasteiger partial charge in [-0.25, -0.2) is 9.18 Å². The smallest absolute Gasteiger partial charge is 0.337 e. The molecule has 0 fully saturated rings. The maximum absolute atomic E-state index is 12.7. The van der Waals surface area contributed by atoms with Crippen LogP contribution in [0.2, 0.25) is 0 Å². The molecule has 0 aliphatic rings. The summed E-state index contributed by atoms with van der Waals surface area (Å²) in [6.07, 6.45) is 1.06. The highest BCUT2D eigenvalue weighted by Gasteiger charge is 2.07. The number of carbonyl (C=O) groups is 1. The van der Waals surface area contributed by atoms with Crippen molar-refractivity contribution in [1.29, 1.82) is 0 Å². The summed E-state index contributed by atoms with van der Waals surface area (Å²) < 4.78 is 13.7. The van der Waals surface area contributed by atoms with Crippen LogP contribution in [0.5, 0.6) is 0 Å². The summed E-state index contributed by atoms with van der Waals surface area (Å²) in [4.78, 5) is 22.2. The van der Waals surface area contributed by atoms with Crippen molar-refractivity contribution < 1.29 is 14.3 Å². The largest absolute Gasteiger partial charge is 0.478 e. The highest BCUT2D eigenvalue weighted by Crippen LogP contribution is 2.05. The van der Waals surface area contributed by atoms with Crippen LogP contribution >= 0.6 is 0 Å². The first-order valence-electron chi connectivity index (χ1n) is 4.66. The van der Waals surface area contributed by atoms with E-state index in [9.17, 15) is 14.0 Å². The minimum Gasteiger partial charge on any atom is -0.478 e. The standard InChI is InChI=1S/C11H7FN2O3/c12-8-1-3-9(4-2-8)14-10(15)5-7(6-13-14)11(16)17/h1-6H,(H,16,17). The average Bonchev–Trinajstić information content (AvgIpc) is 2.30. The molecule has 0 atom stereocenters. The van der Waals surface area contributed by atoms with Gasteiger partial charge >= 0.3 is 5.97 Å². The van der Waals surface area contributed by atoms with Gasteiger partial charge in [0.15, 0.2) is 0 Å². The molecule has 0 bridgehead atoms. The molecule has 5 nitrogen and oxygen atoms in total. The third-order valence-electron chi connectivity index (χ3n) is 2.12. The molecule has 0 saturated carbocycles. The lowest BCUT2D eigenvalue weighted by atomic mass is 10.3. The summed E-state index contributed by atoms with van der Waals surface area (Å²) in [6, 6.07) is 6.09. The second-order valence-corrected chi connectivity index (χ2v) is 3.28. The molecule has 0 spiro atoms. The van der Waals surface area contributed by atoms with Crippen LogP contribution in [0, 0.1) is 5.82 Å². The minimum absolute atomic E-state index is 0.187. The van der Waals surface area contributed by atoms with E-state index in [0.29, 0.717) is 5.69 Å². The van der Waals surface area contributed by atoms with Crippen molar-refractivity contribution in [2.75, 3.05) is 0 Å². The molecule has 0 aliphatic carbocycles. The van der Waals surface area contributed by atoms with Crippen molar-refractivity contribution in [3.8, 4) is 5.69 Å². The molecule has 6 heteroatoms. The number of aromatic carboxylic acids is 1. The lowest BCUT2D eigenvalue weighted by Gasteiger charge is -2.03. The molecular weight excluding hydrogens is 227 g/mol. The van der Waals surface area contributed by atoms with Gasteiger partial charge in [-0.1, -0.05) is 0 Å². The first-order valence-corrected chi connectivity index (χ1v) is 4.66. The summed E-state index contributed by atoms with van der Waals surface area (Å²) >= 11 is 0. The molecule has 1 N–H and O–H groups in total. The molecule has 0 radical (unpaired) electrons. The Morgan fingerprint density at radius 2 is 1.94 bits per heavy atom. The van der Waals surface area contributed by atoms with Crippen LogP contribution in [0.25, 0.3) is 5.69 Å². The fraction of sp³-hybridized carbons (Fsp3) is 0. The fourth-order valence-electron chi connectivity index (χ4n) is 1.30. The number of halogens is 1. The first kappa shape index (κ1) is 11.0. The van der Waals surface area contributed by atoms with Gasteiger partial charge in [0.25, 0.3) is 5.56 Å². The van der Waals surface area contributed by atoms with Crippen LogP contribution < -0.4 is 5.56 Å². The van der Waals surface area contributed by atoms with Gasteiger partial charge in [-0.3, -0.25) is 4.79 Å². The zero-order valence-electron chi connectivity index (χ0n) is 8.50. The summed E-state index contributed by atoms with van der Waals surface area (Å²) in [5, 5.41) is 12.4. The van der Waals surface area contributed by atoms with E-state index in [2.05, 4.69) is 5.10 Å². The molecule has 2 aromatic rings. The predicted molar refractivity (Wildman–Crippen MR) is 56.8 cm³/mol. The quantitative estimate of drug-likeness (QED) is 0.843. The molecule has 0 saturated heterocycles. The van der Waals surface area contributed by atoms with E-state index in [1.54, 1.807) is 0 Å². The Hall–Kier alpha value is -2.50. The Morgan fingerprint density at radius 1 is 1.29 bits per heavy atom. The van der Waals surface area contributed by atoms with E-state index in [1.807, 2.05) is 0 Å². The number of carboxylic acid groups (broad SMARTS) is 1. The summed E-state index contributed by atoms with van der Waals surface area (Å²) in [5.74, 6) is -1.65. The van der Waals surface area contributed by atoms with Crippen molar-refractivity contribution in [3.05, 3.63) is 58.3 Å². The highest BCUT2D eigenvalue weighted by molar-refractivity contribution is 5.86. The Bertz CT molecular complexity index is 619. The van der Waals surface area contributed by atoms with Crippen molar-refractivity contribution >= 4 is 5.97 Å². The van der Waals surface area contributed by atoms with Crippen LogP contribution in [0.4, 0.5) is 4.39 Å². The number of rotatable bonds is 2. The topological polar surface area (TPSA) is 72.2 Å². The number of carboxylic acids is 1. The highest BCUT2D eigenvalue weighted by atomic mass is 19.1. The SMILES string of the molecule is O=C(O)c1cnn(-c2ccc(F)cc2)c(=O)c1. The van der Waals surface area contributed by atoms with E-state index in [-0.39, 0.29) is 5.56 Å². The molecule has 0 aliphatic heterocycles. The second kappa shape index (κ2) is 4.17. The Balaban J connectivity index is 2.50. The van der Waals surface area contributed by atoms with Gasteiger partial charge in [0.2, 0.25) is 0 Å². The average molecular weight is 234 g/mol. The van der Waals surface area contributed by atoms with Gasteiger partial charge < -0.3 is 5.11 Å². The zero-order valence-corrected chi connectivity index (χ0v) is 8.50. The molecule has 0 unspecified atom stereocenters. The number of benzene rings is 1. The summed E-state index contributed by atoms with van der Waals surface area (Å²) in [5.41, 5.74) is -0.404. The van der Waals surface area contributed by atoms with Gasteiger partial charge in [-0.05, 0) is 24.3 Å². The third-order valence-corrected chi connectivity index (χ3v) is 2.12. The van der Waals surface area contributed by atoms with Gasteiger partial charge in [0, 0.05) is 6.07 Å². The van der Waals surface area contributed by atoms with Crippen LogP contribution in [-0.2, 0) is 0 Å². The molecule has 2 rings (SSSR count). The van der Waals surface area contributed by atoms with Gasteiger partial charge in [0.05, 0.1) is 17.4 Å². The van der Waals surface area contributed by atoms with E-state index in [0.717, 1.165) is 16.9 Å². The molecule has 0 amide bonds. The van der Waals surface area contributed by atoms with Gasteiger partial charge in [-0.15, -0.1) is 0 Å². The maximum Gasteiger partial charge on any atom is 0.337 e. The van der Waals surface area contributed by atoms with E-state index in [1.165, 1.54) is 24.3 Å². The van der Waals surface area contributed by atoms with Gasteiger partial charge in [0.1, 0.15) is 5.82 Å². The van der Waals surface area contributed by atoms with Crippen molar-refractivity contribution in [3.63, 3.8) is 0 Å². The maximum atomic E-state index is 12.7. The van der Waals surface area contributed by atoms with Crippen LogP contribution in [0.15, 0.2) is 41.3 Å². The number of hydrogen-bond acceptors (Lipinski definition) is 3. The molecule has 1 aromatic heterocycles. The molecular formula is C11H7FN2O3. The molecule has 1 heterocycles. The fourth-order valence-corrected chi connectivity index (χ4v) is 1.30. The lowest BCUT2D eigenvalue weighted by molar-refractivity contribution is 0.0696. The molecule has 1 aromatic carbocycles. The first-order chi connectivity index (χ1) is 8.08. The Morgan fingerprint density at radius 3 is 2.47 bits per heavy atom.